The van der Waals surface area contributed by atoms with E-state index in [1.165, 1.54) is 39.5 Å². The first kappa shape index (κ1) is 17.7. The Hall–Kier alpha value is -3.14. The molecule has 0 aliphatic carbocycles. The van der Waals surface area contributed by atoms with Crippen LogP contribution in [0.1, 0.15) is 0 Å². The monoisotopic (exact) mass is 379 g/mol. The molecule has 2 aromatic carbocycles. The standard InChI is InChI=1S/C16H17N3O6S/c1-22-10-5-4-6-11(23-2)15(10)26(20,21)19-16-14-12(24-3)7-9(17)8-13(14)25-18-16/h4-8H,17H2,1-3H3,(H,18,19). The number of nitrogen functional groups attached to an aromatic ring is 1. The number of ether oxygens (including phenoxy) is 3. The number of nitrogens with one attached hydrogen (secondary N) is 1. The summed E-state index contributed by atoms with van der Waals surface area (Å²) in [5.41, 5.74) is 6.44. The van der Waals surface area contributed by atoms with Gasteiger partial charge in [-0.1, -0.05) is 11.2 Å². The molecule has 0 fully saturated rings. The molecule has 0 saturated heterocycles. The minimum Gasteiger partial charge on any atom is -0.496 e. The zero-order valence-electron chi connectivity index (χ0n) is 14.3. The molecule has 0 amide bonds. The van der Waals surface area contributed by atoms with Crippen LogP contribution in [0.4, 0.5) is 11.5 Å². The highest BCUT2D eigenvalue weighted by Crippen LogP contribution is 2.38. The molecule has 0 unspecified atom stereocenters. The molecule has 138 valence electrons. The van der Waals surface area contributed by atoms with Crippen molar-refractivity contribution in [1.82, 2.24) is 5.16 Å². The predicted octanol–water partition coefficient (Wildman–Crippen LogP) is 2.24. The van der Waals surface area contributed by atoms with Crippen LogP contribution in [-0.4, -0.2) is 34.9 Å². The van der Waals surface area contributed by atoms with E-state index in [0.29, 0.717) is 16.8 Å². The molecule has 0 bridgehead atoms. The Kier molecular flexibility index (Phi) is 4.51. The molecule has 0 saturated carbocycles. The number of nitrogens with two attached hydrogens (primary N) is 1. The number of hydrogen-bond donors (Lipinski definition) is 2. The van der Waals surface area contributed by atoms with Crippen molar-refractivity contribution >= 4 is 32.5 Å². The van der Waals surface area contributed by atoms with Crippen LogP contribution < -0.4 is 24.7 Å². The van der Waals surface area contributed by atoms with Gasteiger partial charge in [0.15, 0.2) is 16.3 Å². The molecule has 10 heteroatoms. The van der Waals surface area contributed by atoms with Crippen LogP contribution in [0.15, 0.2) is 39.8 Å². The smallest absolute Gasteiger partial charge is 0.270 e. The van der Waals surface area contributed by atoms with Gasteiger partial charge in [0.25, 0.3) is 10.0 Å². The fourth-order valence-corrected chi connectivity index (χ4v) is 3.88. The highest BCUT2D eigenvalue weighted by molar-refractivity contribution is 7.93. The number of aromatic nitrogens is 1. The number of benzene rings is 2. The second-order valence-corrected chi connectivity index (χ2v) is 6.84. The van der Waals surface area contributed by atoms with Gasteiger partial charge in [-0.15, -0.1) is 0 Å². The number of methoxy groups -OCH3 is 3. The second-order valence-electron chi connectivity index (χ2n) is 5.22. The average Bonchev–Trinajstić information content (AvgIpc) is 3.01. The van der Waals surface area contributed by atoms with E-state index in [0.717, 1.165) is 0 Å². The first-order chi connectivity index (χ1) is 12.4. The van der Waals surface area contributed by atoms with Crippen molar-refractivity contribution in [2.24, 2.45) is 0 Å². The van der Waals surface area contributed by atoms with Crippen LogP contribution >= 0.6 is 0 Å². The minimum atomic E-state index is -4.10. The Morgan fingerprint density at radius 3 is 2.23 bits per heavy atom. The number of nitrogens with zero attached hydrogens (tertiary/aromatic N) is 1. The highest BCUT2D eigenvalue weighted by Gasteiger charge is 2.27. The van der Waals surface area contributed by atoms with Gasteiger partial charge < -0.3 is 24.5 Å². The molecule has 3 rings (SSSR count). The van der Waals surface area contributed by atoms with Gasteiger partial charge in [0.2, 0.25) is 0 Å². The molecule has 0 atom stereocenters. The Bertz CT molecular complexity index is 1040. The Labute approximate surface area is 149 Å². The van der Waals surface area contributed by atoms with Gasteiger partial charge in [-0.3, -0.25) is 4.72 Å². The van der Waals surface area contributed by atoms with Gasteiger partial charge in [-0.2, -0.15) is 0 Å². The highest BCUT2D eigenvalue weighted by atomic mass is 32.2. The van der Waals surface area contributed by atoms with E-state index in [4.69, 9.17) is 24.5 Å². The lowest BCUT2D eigenvalue weighted by Crippen LogP contribution is -2.15. The Morgan fingerprint density at radius 1 is 1.04 bits per heavy atom. The van der Waals surface area contributed by atoms with Gasteiger partial charge in [0, 0.05) is 17.8 Å². The van der Waals surface area contributed by atoms with Crippen LogP contribution in [-0.2, 0) is 10.0 Å². The molecule has 1 aromatic heterocycles. The van der Waals surface area contributed by atoms with Gasteiger partial charge >= 0.3 is 0 Å². The lowest BCUT2D eigenvalue weighted by Gasteiger charge is -2.14. The topological polar surface area (TPSA) is 126 Å². The third-order valence-electron chi connectivity index (χ3n) is 3.66. The van der Waals surface area contributed by atoms with Gasteiger partial charge in [0.05, 0.1) is 21.3 Å². The van der Waals surface area contributed by atoms with Gasteiger partial charge in [0.1, 0.15) is 22.6 Å². The van der Waals surface area contributed by atoms with Crippen molar-refractivity contribution in [3.05, 3.63) is 30.3 Å². The van der Waals surface area contributed by atoms with E-state index in [1.54, 1.807) is 12.1 Å². The van der Waals surface area contributed by atoms with Crippen LogP contribution in [0.5, 0.6) is 17.2 Å². The number of sulfonamides is 1. The van der Waals surface area contributed by atoms with Crippen molar-refractivity contribution in [3.63, 3.8) is 0 Å². The summed E-state index contributed by atoms with van der Waals surface area (Å²) in [5.74, 6) is 0.539. The summed E-state index contributed by atoms with van der Waals surface area (Å²) in [6.45, 7) is 0. The third kappa shape index (κ3) is 2.94. The normalized spacial score (nSPS) is 11.3. The summed E-state index contributed by atoms with van der Waals surface area (Å²) in [5, 5.41) is 4.13. The van der Waals surface area contributed by atoms with E-state index in [-0.39, 0.29) is 27.8 Å². The molecular formula is C16H17N3O6S. The van der Waals surface area contributed by atoms with E-state index < -0.39 is 10.0 Å². The van der Waals surface area contributed by atoms with Crippen LogP contribution in [0.25, 0.3) is 11.0 Å². The summed E-state index contributed by atoms with van der Waals surface area (Å²) in [6, 6.07) is 7.71. The number of fused-ring (bicyclic) bond motifs is 1. The van der Waals surface area contributed by atoms with E-state index in [1.807, 2.05) is 0 Å². The molecular weight excluding hydrogens is 362 g/mol. The first-order valence-electron chi connectivity index (χ1n) is 7.38. The van der Waals surface area contributed by atoms with E-state index in [9.17, 15) is 8.42 Å². The zero-order valence-corrected chi connectivity index (χ0v) is 15.1. The average molecular weight is 379 g/mol. The first-order valence-corrected chi connectivity index (χ1v) is 8.86. The van der Waals surface area contributed by atoms with E-state index >= 15 is 0 Å². The predicted molar refractivity (Wildman–Crippen MR) is 95.3 cm³/mol. The molecule has 0 aliphatic heterocycles. The quantitative estimate of drug-likeness (QED) is 0.625. The van der Waals surface area contributed by atoms with Crippen molar-refractivity contribution in [3.8, 4) is 17.2 Å². The number of anilines is 2. The second kappa shape index (κ2) is 6.64. The summed E-state index contributed by atoms with van der Waals surface area (Å²) < 4.78 is 49.0. The molecule has 0 aliphatic rings. The number of hydrogen-bond acceptors (Lipinski definition) is 8. The summed E-state index contributed by atoms with van der Waals surface area (Å²) in [7, 11) is 0.0610. The summed E-state index contributed by atoms with van der Waals surface area (Å²) in [6.07, 6.45) is 0. The van der Waals surface area contributed by atoms with Crippen molar-refractivity contribution in [1.29, 1.82) is 0 Å². The summed E-state index contributed by atoms with van der Waals surface area (Å²) in [4.78, 5) is -0.157. The lowest BCUT2D eigenvalue weighted by molar-refractivity contribution is 0.373. The van der Waals surface area contributed by atoms with Crippen molar-refractivity contribution < 1.29 is 27.2 Å². The molecule has 0 radical (unpaired) electrons. The largest absolute Gasteiger partial charge is 0.496 e. The summed E-state index contributed by atoms with van der Waals surface area (Å²) >= 11 is 0. The fraction of sp³-hybridized carbons (Fsp3) is 0.188. The SMILES string of the molecule is COc1cccc(OC)c1S(=O)(=O)Nc1noc2cc(N)cc(OC)c12. The van der Waals surface area contributed by atoms with Gasteiger partial charge in [-0.05, 0) is 12.1 Å². The molecule has 0 spiro atoms. The van der Waals surface area contributed by atoms with Crippen LogP contribution in [0.3, 0.4) is 0 Å². The maximum atomic E-state index is 13.0. The molecule has 3 aromatic rings. The maximum absolute atomic E-state index is 13.0. The van der Waals surface area contributed by atoms with Gasteiger partial charge in [-0.25, -0.2) is 8.42 Å². The Balaban J connectivity index is 2.14. The third-order valence-corrected chi connectivity index (χ3v) is 5.06. The molecule has 3 N–H and O–H groups in total. The Morgan fingerprint density at radius 2 is 1.65 bits per heavy atom. The molecule has 9 nitrogen and oxygen atoms in total. The fourth-order valence-electron chi connectivity index (χ4n) is 2.55. The number of rotatable bonds is 6. The van der Waals surface area contributed by atoms with Crippen LogP contribution in [0, 0.1) is 0 Å². The minimum absolute atomic E-state index is 0.0372. The van der Waals surface area contributed by atoms with E-state index in [2.05, 4.69) is 9.88 Å². The zero-order chi connectivity index (χ0) is 18.9. The van der Waals surface area contributed by atoms with Crippen LogP contribution in [0.2, 0.25) is 0 Å². The lowest BCUT2D eigenvalue weighted by atomic mass is 10.2. The maximum Gasteiger partial charge on any atom is 0.270 e. The van der Waals surface area contributed by atoms with Crippen molar-refractivity contribution in [2.45, 2.75) is 4.90 Å². The van der Waals surface area contributed by atoms with Crippen molar-refractivity contribution in [2.75, 3.05) is 31.8 Å². The molecule has 26 heavy (non-hydrogen) atoms. The molecule has 1 heterocycles.